The maximum absolute atomic E-state index is 12.1. The van der Waals surface area contributed by atoms with Gasteiger partial charge in [-0.3, -0.25) is 9.59 Å². The van der Waals surface area contributed by atoms with Crippen LogP contribution >= 0.6 is 11.6 Å². The normalized spacial score (nSPS) is 11.5. The maximum atomic E-state index is 12.1. The summed E-state index contributed by atoms with van der Waals surface area (Å²) >= 11 is 5.96. The summed E-state index contributed by atoms with van der Waals surface area (Å²) in [6.45, 7) is 3.31. The van der Waals surface area contributed by atoms with Crippen LogP contribution in [0.1, 0.15) is 19.4 Å². The highest BCUT2D eigenvalue weighted by Gasteiger charge is 2.15. The zero-order valence-corrected chi connectivity index (χ0v) is 14.3. The second kappa shape index (κ2) is 8.36. The van der Waals surface area contributed by atoms with E-state index in [0.717, 1.165) is 5.56 Å². The molecule has 0 saturated carbocycles. The van der Waals surface area contributed by atoms with Crippen molar-refractivity contribution >= 4 is 29.1 Å². The molecule has 0 aliphatic heterocycles. The van der Waals surface area contributed by atoms with E-state index in [4.69, 9.17) is 16.3 Å². The van der Waals surface area contributed by atoms with Gasteiger partial charge >= 0.3 is 0 Å². The van der Waals surface area contributed by atoms with Gasteiger partial charge in [0.1, 0.15) is 18.4 Å². The van der Waals surface area contributed by atoms with Crippen molar-refractivity contribution in [1.29, 1.82) is 0 Å². The van der Waals surface area contributed by atoms with Gasteiger partial charge in [0.25, 0.3) is 0 Å². The van der Waals surface area contributed by atoms with E-state index in [-0.39, 0.29) is 11.8 Å². The third-order valence-electron chi connectivity index (χ3n) is 3.24. The predicted molar refractivity (Wildman–Crippen MR) is 94.1 cm³/mol. The van der Waals surface area contributed by atoms with Crippen molar-refractivity contribution < 1.29 is 14.3 Å². The number of halogens is 1. The van der Waals surface area contributed by atoms with E-state index in [9.17, 15) is 9.59 Å². The first-order chi connectivity index (χ1) is 11.5. The van der Waals surface area contributed by atoms with Crippen LogP contribution in [-0.2, 0) is 16.2 Å². The molecule has 0 aromatic heterocycles. The van der Waals surface area contributed by atoms with Gasteiger partial charge in [0.2, 0.25) is 11.8 Å². The molecular formula is C18H19ClN2O3. The maximum Gasteiger partial charge on any atom is 0.246 e. The number of para-hydroxylation sites is 2. The number of rotatable bonds is 6. The van der Waals surface area contributed by atoms with Gasteiger partial charge in [-0.2, -0.15) is 0 Å². The van der Waals surface area contributed by atoms with Crippen LogP contribution < -0.4 is 15.4 Å². The minimum absolute atomic E-state index is 0.261. The van der Waals surface area contributed by atoms with Crippen molar-refractivity contribution in [3.8, 4) is 5.75 Å². The molecule has 0 fully saturated rings. The molecule has 2 rings (SSSR count). The van der Waals surface area contributed by atoms with E-state index in [2.05, 4.69) is 10.6 Å². The topological polar surface area (TPSA) is 67.4 Å². The smallest absolute Gasteiger partial charge is 0.246 e. The van der Waals surface area contributed by atoms with E-state index in [0.29, 0.717) is 23.1 Å². The Kier molecular flexibility index (Phi) is 6.21. The summed E-state index contributed by atoms with van der Waals surface area (Å²) in [5.41, 5.74) is 1.47. The van der Waals surface area contributed by atoms with Crippen LogP contribution in [0.4, 0.5) is 5.69 Å². The lowest BCUT2D eigenvalue weighted by molar-refractivity contribution is -0.124. The second-order valence-corrected chi connectivity index (χ2v) is 5.76. The standard InChI is InChI=1S/C18H19ClN2O3/c1-12(20-13(2)22)18(23)21-16-8-3-4-9-17(16)24-11-14-6-5-7-15(19)10-14/h3-10,12H,11H2,1-2H3,(H,20,22)(H,21,23)/t12-/m1/s1. The van der Waals surface area contributed by atoms with Crippen LogP contribution in [0.15, 0.2) is 48.5 Å². The van der Waals surface area contributed by atoms with E-state index < -0.39 is 6.04 Å². The third-order valence-corrected chi connectivity index (χ3v) is 3.48. The Balaban J connectivity index is 2.04. The summed E-state index contributed by atoms with van der Waals surface area (Å²) < 4.78 is 5.78. The van der Waals surface area contributed by atoms with Crippen molar-refractivity contribution in [2.24, 2.45) is 0 Å². The Morgan fingerprint density at radius 1 is 1.17 bits per heavy atom. The molecule has 0 radical (unpaired) electrons. The molecule has 0 saturated heterocycles. The minimum Gasteiger partial charge on any atom is -0.487 e. The molecule has 24 heavy (non-hydrogen) atoms. The Hall–Kier alpha value is -2.53. The predicted octanol–water partition coefficient (Wildman–Crippen LogP) is 3.38. The molecule has 126 valence electrons. The lowest BCUT2D eigenvalue weighted by Gasteiger charge is -2.16. The molecular weight excluding hydrogens is 328 g/mol. The first-order valence-corrected chi connectivity index (χ1v) is 7.87. The highest BCUT2D eigenvalue weighted by Crippen LogP contribution is 2.25. The van der Waals surface area contributed by atoms with Crippen molar-refractivity contribution in [1.82, 2.24) is 5.32 Å². The first-order valence-electron chi connectivity index (χ1n) is 7.50. The number of hydrogen-bond donors (Lipinski definition) is 2. The average molecular weight is 347 g/mol. The third kappa shape index (κ3) is 5.28. The lowest BCUT2D eigenvalue weighted by Crippen LogP contribution is -2.40. The van der Waals surface area contributed by atoms with Crippen molar-refractivity contribution in [2.75, 3.05) is 5.32 Å². The van der Waals surface area contributed by atoms with Gasteiger partial charge in [0, 0.05) is 11.9 Å². The number of ether oxygens (including phenoxy) is 1. The van der Waals surface area contributed by atoms with Crippen LogP contribution in [0.3, 0.4) is 0 Å². The quantitative estimate of drug-likeness (QED) is 0.842. The fraction of sp³-hybridized carbons (Fsp3) is 0.222. The summed E-state index contributed by atoms with van der Waals surface area (Å²) in [5.74, 6) is -0.0343. The SMILES string of the molecule is CC(=O)N[C@H](C)C(=O)Nc1ccccc1OCc1cccc(Cl)c1. The summed E-state index contributed by atoms with van der Waals surface area (Å²) in [7, 11) is 0. The molecule has 0 aliphatic rings. The van der Waals surface area contributed by atoms with Crippen molar-refractivity contribution in [2.45, 2.75) is 26.5 Å². The van der Waals surface area contributed by atoms with Crippen molar-refractivity contribution in [3.63, 3.8) is 0 Å². The zero-order chi connectivity index (χ0) is 17.5. The van der Waals surface area contributed by atoms with Gasteiger partial charge in [0.15, 0.2) is 0 Å². The monoisotopic (exact) mass is 346 g/mol. The number of hydrogen-bond acceptors (Lipinski definition) is 3. The fourth-order valence-electron chi connectivity index (χ4n) is 2.10. The highest BCUT2D eigenvalue weighted by atomic mass is 35.5. The van der Waals surface area contributed by atoms with Crippen LogP contribution in [0.25, 0.3) is 0 Å². The van der Waals surface area contributed by atoms with Crippen LogP contribution in [-0.4, -0.2) is 17.9 Å². The van der Waals surface area contributed by atoms with E-state index >= 15 is 0 Å². The van der Waals surface area contributed by atoms with Gasteiger partial charge in [0.05, 0.1) is 5.69 Å². The van der Waals surface area contributed by atoms with Crippen LogP contribution in [0.5, 0.6) is 5.75 Å². The van der Waals surface area contributed by atoms with E-state index in [1.54, 1.807) is 31.2 Å². The molecule has 1 atom stereocenters. The van der Waals surface area contributed by atoms with Gasteiger partial charge in [-0.15, -0.1) is 0 Å². The molecule has 0 heterocycles. The minimum atomic E-state index is -0.636. The number of benzene rings is 2. The van der Waals surface area contributed by atoms with Gasteiger partial charge < -0.3 is 15.4 Å². The first kappa shape index (κ1) is 17.8. The number of carbonyl (C=O) groups is 2. The Morgan fingerprint density at radius 2 is 1.92 bits per heavy atom. The van der Waals surface area contributed by atoms with E-state index in [1.807, 2.05) is 24.3 Å². The van der Waals surface area contributed by atoms with Crippen LogP contribution in [0.2, 0.25) is 5.02 Å². The number of anilines is 1. The lowest BCUT2D eigenvalue weighted by atomic mass is 10.2. The molecule has 0 bridgehead atoms. The number of amides is 2. The number of carbonyl (C=O) groups excluding carboxylic acids is 2. The van der Waals surface area contributed by atoms with Crippen LogP contribution in [0, 0.1) is 0 Å². The molecule has 0 spiro atoms. The molecule has 6 heteroatoms. The summed E-state index contributed by atoms with van der Waals surface area (Å²) in [6.07, 6.45) is 0. The molecule has 2 N–H and O–H groups in total. The average Bonchev–Trinajstić information content (AvgIpc) is 2.53. The molecule has 2 amide bonds. The van der Waals surface area contributed by atoms with Gasteiger partial charge in [-0.25, -0.2) is 0 Å². The molecule has 0 aliphatic carbocycles. The summed E-state index contributed by atoms with van der Waals surface area (Å²) in [6, 6.07) is 13.9. The zero-order valence-electron chi connectivity index (χ0n) is 13.5. The van der Waals surface area contributed by atoms with E-state index in [1.165, 1.54) is 6.92 Å². The second-order valence-electron chi connectivity index (χ2n) is 5.33. The number of nitrogens with one attached hydrogen (secondary N) is 2. The summed E-state index contributed by atoms with van der Waals surface area (Å²) in [5, 5.41) is 5.94. The van der Waals surface area contributed by atoms with Gasteiger partial charge in [-0.05, 0) is 36.8 Å². The molecule has 2 aromatic rings. The van der Waals surface area contributed by atoms with Crippen molar-refractivity contribution in [3.05, 3.63) is 59.1 Å². The van der Waals surface area contributed by atoms with Gasteiger partial charge in [-0.1, -0.05) is 35.9 Å². The fourth-order valence-corrected chi connectivity index (χ4v) is 2.31. The molecule has 2 aromatic carbocycles. The largest absolute Gasteiger partial charge is 0.487 e. The molecule has 0 unspecified atom stereocenters. The molecule has 5 nitrogen and oxygen atoms in total. The Morgan fingerprint density at radius 3 is 2.62 bits per heavy atom. The highest BCUT2D eigenvalue weighted by molar-refractivity contribution is 6.30. The summed E-state index contributed by atoms with van der Waals surface area (Å²) in [4.78, 5) is 23.2. The Bertz CT molecular complexity index is 734. The Labute approximate surface area is 146 Å².